The molecule has 0 aliphatic heterocycles. The van der Waals surface area contributed by atoms with Crippen LogP contribution in [0.25, 0.3) is 22.6 Å². The number of ether oxygens (including phenoxy) is 1. The number of methoxy groups -OCH3 is 1. The van der Waals surface area contributed by atoms with Gasteiger partial charge < -0.3 is 14.5 Å². The number of benzene rings is 3. The van der Waals surface area contributed by atoms with Crippen LogP contribution in [-0.2, 0) is 0 Å². The summed E-state index contributed by atoms with van der Waals surface area (Å²) in [7, 11) is 1.62. The van der Waals surface area contributed by atoms with E-state index in [4.69, 9.17) is 9.15 Å². The van der Waals surface area contributed by atoms with Crippen molar-refractivity contribution in [2.24, 2.45) is 0 Å². The standard InChI is InChI=1S/C22H18N2O3/c1-14-6-8-15(9-7-14)21(25)23-17-10-11-19-20(13-17)27-22(24-19)16-4-3-5-18(12-16)26-2/h3-13H,1-2H3,(H,23,25). The summed E-state index contributed by atoms with van der Waals surface area (Å²) < 4.78 is 11.1. The molecule has 134 valence electrons. The molecule has 1 heterocycles. The number of fused-ring (bicyclic) bond motifs is 1. The van der Waals surface area contributed by atoms with Crippen LogP contribution in [-0.4, -0.2) is 18.0 Å². The molecule has 5 nitrogen and oxygen atoms in total. The first-order chi connectivity index (χ1) is 13.1. The van der Waals surface area contributed by atoms with Gasteiger partial charge in [0.2, 0.25) is 5.89 Å². The average Bonchev–Trinajstić information content (AvgIpc) is 3.12. The molecule has 0 atom stereocenters. The second-order valence-electron chi connectivity index (χ2n) is 6.25. The minimum absolute atomic E-state index is 0.165. The monoisotopic (exact) mass is 358 g/mol. The molecule has 0 aliphatic carbocycles. The number of carbonyl (C=O) groups excluding carboxylic acids is 1. The third kappa shape index (κ3) is 3.53. The third-order valence-corrected chi connectivity index (χ3v) is 4.28. The van der Waals surface area contributed by atoms with E-state index >= 15 is 0 Å². The van der Waals surface area contributed by atoms with Crippen molar-refractivity contribution in [3.05, 3.63) is 77.9 Å². The van der Waals surface area contributed by atoms with Gasteiger partial charge in [0.05, 0.1) is 7.11 Å². The predicted octanol–water partition coefficient (Wildman–Crippen LogP) is 5.06. The first-order valence-corrected chi connectivity index (χ1v) is 8.55. The molecule has 0 spiro atoms. The van der Waals surface area contributed by atoms with Gasteiger partial charge in [-0.15, -0.1) is 0 Å². The molecule has 0 aliphatic rings. The number of aromatic nitrogens is 1. The van der Waals surface area contributed by atoms with Crippen LogP contribution < -0.4 is 10.1 Å². The smallest absolute Gasteiger partial charge is 0.255 e. The molecule has 0 radical (unpaired) electrons. The van der Waals surface area contributed by atoms with E-state index in [1.165, 1.54) is 0 Å². The third-order valence-electron chi connectivity index (χ3n) is 4.28. The van der Waals surface area contributed by atoms with Gasteiger partial charge in [0.15, 0.2) is 5.58 Å². The first-order valence-electron chi connectivity index (χ1n) is 8.55. The lowest BCUT2D eigenvalue weighted by Crippen LogP contribution is -2.11. The number of carbonyl (C=O) groups is 1. The maximum atomic E-state index is 12.4. The zero-order valence-corrected chi connectivity index (χ0v) is 15.0. The predicted molar refractivity (Wildman–Crippen MR) is 105 cm³/mol. The molecule has 4 aromatic rings. The molecular weight excluding hydrogens is 340 g/mol. The van der Waals surface area contributed by atoms with Gasteiger partial charge in [-0.05, 0) is 49.4 Å². The number of hydrogen-bond donors (Lipinski definition) is 1. The van der Waals surface area contributed by atoms with E-state index < -0.39 is 0 Å². The zero-order valence-electron chi connectivity index (χ0n) is 15.0. The van der Waals surface area contributed by atoms with Crippen molar-refractivity contribution in [3.63, 3.8) is 0 Å². The number of hydrogen-bond acceptors (Lipinski definition) is 4. The number of amides is 1. The molecule has 0 saturated carbocycles. The van der Waals surface area contributed by atoms with Crippen LogP contribution in [0.4, 0.5) is 5.69 Å². The van der Waals surface area contributed by atoms with Gasteiger partial charge >= 0.3 is 0 Å². The van der Waals surface area contributed by atoms with E-state index in [2.05, 4.69) is 10.3 Å². The van der Waals surface area contributed by atoms with Crippen molar-refractivity contribution < 1.29 is 13.9 Å². The minimum Gasteiger partial charge on any atom is -0.497 e. The van der Waals surface area contributed by atoms with E-state index in [-0.39, 0.29) is 5.91 Å². The SMILES string of the molecule is COc1cccc(-c2nc3ccc(NC(=O)c4ccc(C)cc4)cc3o2)c1. The van der Waals surface area contributed by atoms with Gasteiger partial charge in [0, 0.05) is 22.9 Å². The fourth-order valence-corrected chi connectivity index (χ4v) is 2.79. The lowest BCUT2D eigenvalue weighted by Gasteiger charge is -2.05. The lowest BCUT2D eigenvalue weighted by atomic mass is 10.1. The summed E-state index contributed by atoms with van der Waals surface area (Å²) in [5, 5.41) is 2.89. The lowest BCUT2D eigenvalue weighted by molar-refractivity contribution is 0.102. The molecular formula is C22H18N2O3. The van der Waals surface area contributed by atoms with Crippen LogP contribution in [0.15, 0.2) is 71.1 Å². The Morgan fingerprint density at radius 1 is 1.04 bits per heavy atom. The summed E-state index contributed by atoms with van der Waals surface area (Å²) in [5.41, 5.74) is 4.53. The highest BCUT2D eigenvalue weighted by molar-refractivity contribution is 6.04. The summed E-state index contributed by atoms with van der Waals surface area (Å²) in [6, 6.07) is 20.4. The van der Waals surface area contributed by atoms with Crippen LogP contribution in [0.2, 0.25) is 0 Å². The van der Waals surface area contributed by atoms with E-state index in [0.29, 0.717) is 22.7 Å². The van der Waals surface area contributed by atoms with E-state index in [1.54, 1.807) is 25.3 Å². The Kier molecular flexibility index (Phi) is 4.34. The Balaban J connectivity index is 1.60. The molecule has 5 heteroatoms. The van der Waals surface area contributed by atoms with Crippen LogP contribution >= 0.6 is 0 Å². The number of anilines is 1. The second-order valence-corrected chi connectivity index (χ2v) is 6.25. The Bertz CT molecular complexity index is 1110. The fourth-order valence-electron chi connectivity index (χ4n) is 2.79. The van der Waals surface area contributed by atoms with Crippen molar-refractivity contribution in [1.29, 1.82) is 0 Å². The van der Waals surface area contributed by atoms with E-state index in [0.717, 1.165) is 22.4 Å². The molecule has 1 N–H and O–H groups in total. The van der Waals surface area contributed by atoms with Gasteiger partial charge in [-0.3, -0.25) is 4.79 Å². The van der Waals surface area contributed by atoms with Gasteiger partial charge in [0.1, 0.15) is 11.3 Å². The molecule has 4 rings (SSSR count). The van der Waals surface area contributed by atoms with Crippen molar-refractivity contribution >= 4 is 22.7 Å². The van der Waals surface area contributed by atoms with Crippen molar-refractivity contribution in [2.75, 3.05) is 12.4 Å². The number of oxazole rings is 1. The first kappa shape index (κ1) is 16.8. The van der Waals surface area contributed by atoms with E-state index in [1.807, 2.05) is 55.5 Å². The van der Waals surface area contributed by atoms with Crippen molar-refractivity contribution in [3.8, 4) is 17.2 Å². The largest absolute Gasteiger partial charge is 0.497 e. The number of rotatable bonds is 4. The van der Waals surface area contributed by atoms with Gasteiger partial charge in [-0.1, -0.05) is 23.8 Å². The van der Waals surface area contributed by atoms with Crippen molar-refractivity contribution in [1.82, 2.24) is 4.98 Å². The zero-order chi connectivity index (χ0) is 18.8. The molecule has 1 amide bonds. The number of nitrogens with zero attached hydrogens (tertiary/aromatic N) is 1. The number of nitrogens with one attached hydrogen (secondary N) is 1. The molecule has 1 aromatic heterocycles. The normalized spacial score (nSPS) is 10.7. The molecule has 3 aromatic carbocycles. The minimum atomic E-state index is -0.165. The summed E-state index contributed by atoms with van der Waals surface area (Å²) in [6.45, 7) is 1.99. The average molecular weight is 358 g/mol. The maximum absolute atomic E-state index is 12.4. The molecule has 0 unspecified atom stereocenters. The van der Waals surface area contributed by atoms with Crippen LogP contribution in [0.1, 0.15) is 15.9 Å². The highest BCUT2D eigenvalue weighted by Crippen LogP contribution is 2.28. The van der Waals surface area contributed by atoms with Gasteiger partial charge in [-0.2, -0.15) is 0 Å². The quantitative estimate of drug-likeness (QED) is 0.553. The summed E-state index contributed by atoms with van der Waals surface area (Å²) in [5.74, 6) is 1.08. The molecule has 0 saturated heterocycles. The van der Waals surface area contributed by atoms with E-state index in [9.17, 15) is 4.79 Å². The molecule has 0 fully saturated rings. The van der Waals surface area contributed by atoms with Crippen molar-refractivity contribution in [2.45, 2.75) is 6.92 Å². The van der Waals surface area contributed by atoms with Gasteiger partial charge in [0.25, 0.3) is 5.91 Å². The van der Waals surface area contributed by atoms with Crippen LogP contribution in [0, 0.1) is 6.92 Å². The Hall–Kier alpha value is -3.60. The molecule has 0 bridgehead atoms. The highest BCUT2D eigenvalue weighted by atomic mass is 16.5. The Morgan fingerprint density at radius 2 is 1.85 bits per heavy atom. The fraction of sp³-hybridized carbons (Fsp3) is 0.0909. The summed E-state index contributed by atoms with van der Waals surface area (Å²) in [6.07, 6.45) is 0. The second kappa shape index (κ2) is 6.96. The summed E-state index contributed by atoms with van der Waals surface area (Å²) in [4.78, 5) is 16.9. The van der Waals surface area contributed by atoms with Gasteiger partial charge in [-0.25, -0.2) is 4.98 Å². The summed E-state index contributed by atoms with van der Waals surface area (Å²) >= 11 is 0. The Labute approximate surface area is 156 Å². The maximum Gasteiger partial charge on any atom is 0.255 e. The van der Waals surface area contributed by atoms with Crippen LogP contribution in [0.5, 0.6) is 5.75 Å². The number of aryl methyl sites for hydroxylation is 1. The van der Waals surface area contributed by atoms with Crippen LogP contribution in [0.3, 0.4) is 0 Å². The topological polar surface area (TPSA) is 64.4 Å². The highest BCUT2D eigenvalue weighted by Gasteiger charge is 2.11. The Morgan fingerprint density at radius 3 is 2.63 bits per heavy atom. The molecule has 27 heavy (non-hydrogen) atoms.